The maximum Gasteiger partial charge on any atom is 0.253 e. The molecule has 0 N–H and O–H groups in total. The van der Waals surface area contributed by atoms with Crippen LogP contribution < -0.4 is 0 Å². The molecule has 0 bridgehead atoms. The summed E-state index contributed by atoms with van der Waals surface area (Å²) in [6.07, 6.45) is 7.80. The predicted octanol–water partition coefficient (Wildman–Crippen LogP) is 3.00. The molecule has 2 aromatic heterocycles. The second-order valence-corrected chi connectivity index (χ2v) is 7.12. The molecule has 1 aromatic carbocycles. The molecule has 0 saturated carbocycles. The highest BCUT2D eigenvalue weighted by atomic mass is 16.2. The van der Waals surface area contributed by atoms with Gasteiger partial charge in [-0.05, 0) is 50.8 Å². The highest BCUT2D eigenvalue weighted by Crippen LogP contribution is 2.22. The molecule has 0 spiro atoms. The second kappa shape index (κ2) is 6.86. The molecule has 0 unspecified atom stereocenters. The highest BCUT2D eigenvalue weighted by molar-refractivity contribution is 5.97. The average molecular weight is 349 g/mol. The summed E-state index contributed by atoms with van der Waals surface area (Å²) >= 11 is 0. The highest BCUT2D eigenvalue weighted by Gasteiger charge is 2.25. The first-order valence-corrected chi connectivity index (χ1v) is 9.10. The quantitative estimate of drug-likeness (QED) is 0.729. The van der Waals surface area contributed by atoms with Gasteiger partial charge in [-0.25, -0.2) is 15.0 Å². The summed E-state index contributed by atoms with van der Waals surface area (Å²) < 4.78 is 2.09. The minimum Gasteiger partial charge on any atom is -0.338 e. The number of fused-ring (bicyclic) bond motifs is 1. The molecule has 3 heterocycles. The van der Waals surface area contributed by atoms with Gasteiger partial charge in [0.25, 0.3) is 5.91 Å². The largest absolute Gasteiger partial charge is 0.338 e. The number of likely N-dealkylation sites (tertiary alicyclic amines) is 1. The van der Waals surface area contributed by atoms with Gasteiger partial charge in [-0.1, -0.05) is 0 Å². The van der Waals surface area contributed by atoms with Crippen molar-refractivity contribution < 1.29 is 4.79 Å². The maximum absolute atomic E-state index is 13.0. The summed E-state index contributed by atoms with van der Waals surface area (Å²) in [7, 11) is 0. The maximum atomic E-state index is 13.0. The third kappa shape index (κ3) is 3.31. The Bertz CT molecular complexity index is 935. The molecule has 6 nitrogen and oxygen atoms in total. The van der Waals surface area contributed by atoms with Crippen LogP contribution in [-0.4, -0.2) is 43.4 Å². The zero-order chi connectivity index (χ0) is 18.1. The van der Waals surface area contributed by atoms with Crippen LogP contribution in [0.4, 0.5) is 0 Å². The van der Waals surface area contributed by atoms with Gasteiger partial charge >= 0.3 is 0 Å². The predicted molar refractivity (Wildman–Crippen MR) is 99.9 cm³/mol. The van der Waals surface area contributed by atoms with Crippen LogP contribution >= 0.6 is 0 Å². The Labute approximate surface area is 152 Å². The first-order valence-electron chi connectivity index (χ1n) is 9.10. The Morgan fingerprint density at radius 2 is 2.00 bits per heavy atom. The van der Waals surface area contributed by atoms with Crippen molar-refractivity contribution in [3.63, 3.8) is 0 Å². The number of hydrogen-bond donors (Lipinski definition) is 0. The molecule has 134 valence electrons. The number of carbonyl (C=O) groups excluding carboxylic acids is 1. The molecule has 4 rings (SSSR count). The molecule has 1 atom stereocenters. The van der Waals surface area contributed by atoms with Crippen molar-refractivity contribution in [1.29, 1.82) is 0 Å². The number of amides is 1. The zero-order valence-corrected chi connectivity index (χ0v) is 15.2. The van der Waals surface area contributed by atoms with Crippen LogP contribution in [0, 0.1) is 19.8 Å². The van der Waals surface area contributed by atoms with Gasteiger partial charge in [0.1, 0.15) is 0 Å². The topological polar surface area (TPSA) is 63.9 Å². The van der Waals surface area contributed by atoms with E-state index in [4.69, 9.17) is 0 Å². The standard InChI is InChI=1S/C20H23N5O/c1-14-15(2)23-19-10-17(5-6-18(19)22-14)20(26)25-8-3-4-16(12-25)11-24-9-7-21-13-24/h5-7,9-10,13,16H,3-4,8,11-12H2,1-2H3/t16-/m1/s1. The van der Waals surface area contributed by atoms with E-state index in [-0.39, 0.29) is 5.91 Å². The normalized spacial score (nSPS) is 17.6. The summed E-state index contributed by atoms with van der Waals surface area (Å²) in [5.74, 6) is 0.550. The van der Waals surface area contributed by atoms with Crippen molar-refractivity contribution >= 4 is 16.9 Å². The number of carbonyl (C=O) groups is 1. The summed E-state index contributed by atoms with van der Waals surface area (Å²) in [5, 5.41) is 0. The fourth-order valence-electron chi connectivity index (χ4n) is 3.64. The van der Waals surface area contributed by atoms with E-state index in [0.717, 1.165) is 54.9 Å². The Balaban J connectivity index is 1.52. The van der Waals surface area contributed by atoms with Crippen molar-refractivity contribution in [2.24, 2.45) is 5.92 Å². The lowest BCUT2D eigenvalue weighted by Gasteiger charge is -2.33. The van der Waals surface area contributed by atoms with Gasteiger partial charge in [0.2, 0.25) is 0 Å². The lowest BCUT2D eigenvalue weighted by Crippen LogP contribution is -2.41. The van der Waals surface area contributed by atoms with E-state index in [1.165, 1.54) is 0 Å². The fourth-order valence-corrected chi connectivity index (χ4v) is 3.64. The van der Waals surface area contributed by atoms with E-state index in [0.29, 0.717) is 11.5 Å². The minimum absolute atomic E-state index is 0.0854. The number of piperidine rings is 1. The van der Waals surface area contributed by atoms with E-state index in [1.54, 1.807) is 6.20 Å². The van der Waals surface area contributed by atoms with Gasteiger partial charge < -0.3 is 9.47 Å². The Morgan fingerprint density at radius 1 is 1.19 bits per heavy atom. The first-order chi connectivity index (χ1) is 12.6. The number of hydrogen-bond acceptors (Lipinski definition) is 4. The van der Waals surface area contributed by atoms with E-state index >= 15 is 0 Å². The van der Waals surface area contributed by atoms with Crippen molar-refractivity contribution in [3.05, 3.63) is 53.9 Å². The van der Waals surface area contributed by atoms with Gasteiger partial charge in [0.15, 0.2) is 0 Å². The molecule has 6 heteroatoms. The smallest absolute Gasteiger partial charge is 0.253 e. The van der Waals surface area contributed by atoms with Crippen LogP contribution in [0.3, 0.4) is 0 Å². The molecule has 26 heavy (non-hydrogen) atoms. The van der Waals surface area contributed by atoms with Crippen LogP contribution in [-0.2, 0) is 6.54 Å². The van der Waals surface area contributed by atoms with Crippen LogP contribution in [0.2, 0.25) is 0 Å². The lowest BCUT2D eigenvalue weighted by molar-refractivity contribution is 0.0662. The average Bonchev–Trinajstić information content (AvgIpc) is 3.15. The molecular formula is C20H23N5O. The van der Waals surface area contributed by atoms with Gasteiger partial charge in [0.05, 0.1) is 28.7 Å². The molecular weight excluding hydrogens is 326 g/mol. The molecule has 1 fully saturated rings. The number of imidazole rings is 1. The SMILES string of the molecule is Cc1nc2ccc(C(=O)N3CCC[C@H](Cn4ccnc4)C3)cc2nc1C. The molecule has 1 amide bonds. The van der Waals surface area contributed by atoms with Crippen LogP contribution in [0.15, 0.2) is 36.9 Å². The molecule has 1 aliphatic heterocycles. The van der Waals surface area contributed by atoms with Crippen molar-refractivity contribution in [3.8, 4) is 0 Å². The number of rotatable bonds is 3. The van der Waals surface area contributed by atoms with Crippen LogP contribution in [0.1, 0.15) is 34.6 Å². The number of nitrogens with zero attached hydrogens (tertiary/aromatic N) is 5. The Hall–Kier alpha value is -2.76. The van der Waals surface area contributed by atoms with E-state index in [2.05, 4.69) is 19.5 Å². The summed E-state index contributed by atoms with van der Waals surface area (Å²) in [6, 6.07) is 5.64. The van der Waals surface area contributed by atoms with Crippen molar-refractivity contribution in [1.82, 2.24) is 24.4 Å². The van der Waals surface area contributed by atoms with Crippen molar-refractivity contribution in [2.75, 3.05) is 13.1 Å². The molecule has 0 radical (unpaired) electrons. The van der Waals surface area contributed by atoms with E-state index in [1.807, 2.05) is 49.5 Å². The monoisotopic (exact) mass is 349 g/mol. The van der Waals surface area contributed by atoms with Crippen LogP contribution in [0.5, 0.6) is 0 Å². The van der Waals surface area contributed by atoms with E-state index < -0.39 is 0 Å². The third-order valence-electron chi connectivity index (χ3n) is 5.16. The van der Waals surface area contributed by atoms with Gasteiger partial charge in [-0.15, -0.1) is 0 Å². The van der Waals surface area contributed by atoms with Gasteiger partial charge in [0, 0.05) is 37.6 Å². The fraction of sp³-hybridized carbons (Fsp3) is 0.400. The molecule has 3 aromatic rings. The minimum atomic E-state index is 0.0854. The molecule has 1 aliphatic rings. The van der Waals surface area contributed by atoms with Gasteiger partial charge in [-0.2, -0.15) is 0 Å². The zero-order valence-electron chi connectivity index (χ0n) is 15.2. The summed E-state index contributed by atoms with van der Waals surface area (Å²) in [4.78, 5) is 28.2. The first kappa shape index (κ1) is 16.7. The Morgan fingerprint density at radius 3 is 2.77 bits per heavy atom. The van der Waals surface area contributed by atoms with E-state index in [9.17, 15) is 4.79 Å². The van der Waals surface area contributed by atoms with Crippen molar-refractivity contribution in [2.45, 2.75) is 33.2 Å². The lowest BCUT2D eigenvalue weighted by atomic mass is 9.97. The molecule has 1 saturated heterocycles. The molecule has 0 aliphatic carbocycles. The third-order valence-corrected chi connectivity index (χ3v) is 5.16. The summed E-state index contributed by atoms with van der Waals surface area (Å²) in [6.45, 7) is 6.41. The van der Waals surface area contributed by atoms with Gasteiger partial charge in [-0.3, -0.25) is 4.79 Å². The second-order valence-electron chi connectivity index (χ2n) is 7.12. The van der Waals surface area contributed by atoms with Crippen LogP contribution in [0.25, 0.3) is 11.0 Å². The summed E-state index contributed by atoms with van der Waals surface area (Å²) in [5.41, 5.74) is 4.14. The number of aromatic nitrogens is 4. The number of benzene rings is 1. The Kier molecular flexibility index (Phi) is 4.41. The number of aryl methyl sites for hydroxylation is 2.